The lowest BCUT2D eigenvalue weighted by Gasteiger charge is -2.34. The molecule has 0 aromatic heterocycles. The topological polar surface area (TPSA) is 40.5 Å². The number of halogens is 1. The van der Waals surface area contributed by atoms with Crippen LogP contribution in [0.25, 0.3) is 0 Å². The molecule has 1 N–H and O–H groups in total. The van der Waals surface area contributed by atoms with Crippen LogP contribution in [0.3, 0.4) is 0 Å². The van der Waals surface area contributed by atoms with Crippen molar-refractivity contribution in [1.82, 2.24) is 4.31 Å². The van der Waals surface area contributed by atoms with Crippen LogP contribution in [0.2, 0.25) is 5.02 Å². The van der Waals surface area contributed by atoms with E-state index in [1.165, 1.54) is 11.9 Å². The Morgan fingerprint density at radius 2 is 2.33 bits per heavy atom. The number of benzene rings is 1. The van der Waals surface area contributed by atoms with Gasteiger partial charge in [-0.25, -0.2) is 4.31 Å². The Morgan fingerprint density at radius 3 is 2.94 bits per heavy atom. The summed E-state index contributed by atoms with van der Waals surface area (Å²) < 4.78 is 1.96. The van der Waals surface area contributed by atoms with E-state index in [1.54, 1.807) is 0 Å². The molecule has 0 radical (unpaired) electrons. The molecule has 1 aliphatic heterocycles. The second-order valence-corrected chi connectivity index (χ2v) is 6.42. The zero-order chi connectivity index (χ0) is 13.3. The van der Waals surface area contributed by atoms with Gasteiger partial charge in [0.1, 0.15) is 6.04 Å². The standard InChI is InChI=1S/C13H16ClNO2S/c1-8(2)7-15-11(13(16)17)6-9-5-10(14)3-4-12(9)18-15/h3-5,8,11H,6-7H2,1-2H3,(H,16,17). The average molecular weight is 286 g/mol. The fourth-order valence-corrected chi connectivity index (χ4v) is 3.53. The maximum atomic E-state index is 11.4. The first-order chi connectivity index (χ1) is 8.47. The molecule has 1 aliphatic rings. The van der Waals surface area contributed by atoms with Crippen LogP contribution in [0, 0.1) is 5.92 Å². The minimum Gasteiger partial charge on any atom is -0.480 e. The molecule has 0 spiro atoms. The second-order valence-electron chi connectivity index (χ2n) is 4.89. The molecule has 2 rings (SSSR count). The number of hydrogen-bond acceptors (Lipinski definition) is 3. The Kier molecular flexibility index (Phi) is 4.20. The van der Waals surface area contributed by atoms with E-state index in [0.717, 1.165) is 17.0 Å². The van der Waals surface area contributed by atoms with E-state index in [4.69, 9.17) is 11.6 Å². The zero-order valence-corrected chi connectivity index (χ0v) is 12.0. The molecule has 1 aromatic rings. The van der Waals surface area contributed by atoms with Gasteiger partial charge >= 0.3 is 5.97 Å². The predicted octanol–water partition coefficient (Wildman–Crippen LogP) is 3.31. The number of carbonyl (C=O) groups is 1. The number of rotatable bonds is 3. The van der Waals surface area contributed by atoms with Crippen LogP contribution < -0.4 is 0 Å². The summed E-state index contributed by atoms with van der Waals surface area (Å²) in [6.07, 6.45) is 0.519. The van der Waals surface area contributed by atoms with Gasteiger partial charge in [0.2, 0.25) is 0 Å². The normalized spacial score (nSPS) is 19.9. The summed E-state index contributed by atoms with van der Waals surface area (Å²) in [4.78, 5) is 12.5. The molecule has 0 saturated heterocycles. The van der Waals surface area contributed by atoms with Gasteiger partial charge in [0, 0.05) is 22.9 Å². The van der Waals surface area contributed by atoms with Crippen LogP contribution in [0.5, 0.6) is 0 Å². The van der Waals surface area contributed by atoms with Crippen molar-refractivity contribution in [3.8, 4) is 0 Å². The summed E-state index contributed by atoms with van der Waals surface area (Å²) >= 11 is 7.48. The van der Waals surface area contributed by atoms with E-state index in [0.29, 0.717) is 17.4 Å². The summed E-state index contributed by atoms with van der Waals surface area (Å²) in [6, 6.07) is 5.21. The van der Waals surface area contributed by atoms with Crippen molar-refractivity contribution in [1.29, 1.82) is 0 Å². The number of hydrogen-bond donors (Lipinski definition) is 1. The van der Waals surface area contributed by atoms with Crippen molar-refractivity contribution in [3.63, 3.8) is 0 Å². The highest BCUT2D eigenvalue weighted by molar-refractivity contribution is 7.97. The highest BCUT2D eigenvalue weighted by atomic mass is 35.5. The zero-order valence-electron chi connectivity index (χ0n) is 10.4. The maximum absolute atomic E-state index is 11.4. The molecule has 3 nitrogen and oxygen atoms in total. The lowest BCUT2D eigenvalue weighted by Crippen LogP contribution is -2.42. The highest BCUT2D eigenvalue weighted by Crippen LogP contribution is 2.37. The van der Waals surface area contributed by atoms with Crippen molar-refractivity contribution in [2.24, 2.45) is 5.92 Å². The number of carboxylic acids is 1. The van der Waals surface area contributed by atoms with E-state index >= 15 is 0 Å². The molecule has 5 heteroatoms. The smallest absolute Gasteiger partial charge is 0.322 e. The van der Waals surface area contributed by atoms with Gasteiger partial charge in [0.15, 0.2) is 0 Å². The highest BCUT2D eigenvalue weighted by Gasteiger charge is 2.32. The van der Waals surface area contributed by atoms with Crippen molar-refractivity contribution < 1.29 is 9.90 Å². The monoisotopic (exact) mass is 285 g/mol. The van der Waals surface area contributed by atoms with E-state index in [2.05, 4.69) is 13.8 Å². The van der Waals surface area contributed by atoms with Crippen LogP contribution >= 0.6 is 23.5 Å². The van der Waals surface area contributed by atoms with E-state index in [1.807, 2.05) is 22.5 Å². The molecule has 1 heterocycles. The Hall–Kier alpha value is -0.710. The lowest BCUT2D eigenvalue weighted by molar-refractivity contribution is -0.141. The third kappa shape index (κ3) is 2.99. The fraction of sp³-hybridized carbons (Fsp3) is 0.462. The molecule has 0 aliphatic carbocycles. The SMILES string of the molecule is CC(C)CN1Sc2ccc(Cl)cc2CC1C(=O)O. The number of carboxylic acid groups (broad SMARTS) is 1. The first-order valence-corrected chi connectivity index (χ1v) is 7.08. The second kappa shape index (κ2) is 5.51. The van der Waals surface area contributed by atoms with Crippen molar-refractivity contribution in [2.75, 3.05) is 6.54 Å². The summed E-state index contributed by atoms with van der Waals surface area (Å²) in [5.41, 5.74) is 1.03. The van der Waals surface area contributed by atoms with Crippen LogP contribution in [-0.2, 0) is 11.2 Å². The first-order valence-electron chi connectivity index (χ1n) is 5.93. The van der Waals surface area contributed by atoms with Gasteiger partial charge in [-0.05, 0) is 41.6 Å². The van der Waals surface area contributed by atoms with Crippen molar-refractivity contribution in [3.05, 3.63) is 28.8 Å². The molecular weight excluding hydrogens is 270 g/mol. The van der Waals surface area contributed by atoms with Gasteiger partial charge in [-0.3, -0.25) is 4.79 Å². The largest absolute Gasteiger partial charge is 0.480 e. The molecule has 0 saturated carbocycles. The van der Waals surface area contributed by atoms with Crippen molar-refractivity contribution in [2.45, 2.75) is 31.2 Å². The van der Waals surface area contributed by atoms with E-state index in [9.17, 15) is 9.90 Å². The number of aliphatic carboxylic acids is 1. The Labute approximate surface area is 116 Å². The van der Waals surface area contributed by atoms with Gasteiger partial charge in [-0.15, -0.1) is 0 Å². The Morgan fingerprint density at radius 1 is 1.61 bits per heavy atom. The molecule has 0 bridgehead atoms. The molecule has 18 heavy (non-hydrogen) atoms. The van der Waals surface area contributed by atoms with Gasteiger partial charge in [-0.1, -0.05) is 25.4 Å². The Bertz CT molecular complexity index is 464. The quantitative estimate of drug-likeness (QED) is 0.865. The lowest BCUT2D eigenvalue weighted by atomic mass is 10.0. The minimum atomic E-state index is -0.770. The van der Waals surface area contributed by atoms with Gasteiger partial charge in [0.05, 0.1) is 0 Å². The summed E-state index contributed by atoms with van der Waals surface area (Å²) in [6.45, 7) is 4.96. The molecule has 0 fully saturated rings. The van der Waals surface area contributed by atoms with Crippen LogP contribution in [0.15, 0.2) is 23.1 Å². The molecule has 98 valence electrons. The Balaban J connectivity index is 2.28. The van der Waals surface area contributed by atoms with Crippen LogP contribution in [0.1, 0.15) is 19.4 Å². The van der Waals surface area contributed by atoms with Gasteiger partial charge < -0.3 is 5.11 Å². The molecule has 1 aromatic carbocycles. The third-order valence-corrected chi connectivity index (χ3v) is 4.30. The van der Waals surface area contributed by atoms with Gasteiger partial charge in [-0.2, -0.15) is 0 Å². The molecule has 0 amide bonds. The van der Waals surface area contributed by atoms with Crippen LogP contribution in [-0.4, -0.2) is 28.0 Å². The fourth-order valence-electron chi connectivity index (χ4n) is 2.03. The van der Waals surface area contributed by atoms with E-state index < -0.39 is 12.0 Å². The minimum absolute atomic E-state index is 0.438. The first kappa shape index (κ1) is 13.7. The maximum Gasteiger partial charge on any atom is 0.322 e. The summed E-state index contributed by atoms with van der Waals surface area (Å²) in [7, 11) is 0. The predicted molar refractivity (Wildman–Crippen MR) is 74.0 cm³/mol. The number of fused-ring (bicyclic) bond motifs is 1. The average Bonchev–Trinajstić information content (AvgIpc) is 2.27. The third-order valence-electron chi connectivity index (χ3n) is 2.83. The molecular formula is C13H16ClNO2S. The molecule has 1 unspecified atom stereocenters. The molecule has 1 atom stereocenters. The van der Waals surface area contributed by atoms with Gasteiger partial charge in [0.25, 0.3) is 0 Å². The summed E-state index contributed by atoms with van der Waals surface area (Å²) in [5.74, 6) is -0.332. The van der Waals surface area contributed by atoms with E-state index in [-0.39, 0.29) is 0 Å². The van der Waals surface area contributed by atoms with Crippen LogP contribution in [0.4, 0.5) is 0 Å². The number of nitrogens with zero attached hydrogens (tertiary/aromatic N) is 1. The summed E-state index contributed by atoms with van der Waals surface area (Å²) in [5, 5.41) is 9.99. The van der Waals surface area contributed by atoms with Crippen molar-refractivity contribution >= 4 is 29.5 Å².